The first kappa shape index (κ1) is 8.73. The van der Waals surface area contributed by atoms with Gasteiger partial charge in [-0.05, 0) is 19.1 Å². The number of aliphatic hydroxyl groups excluding tert-OH is 1. The van der Waals surface area contributed by atoms with Crippen LogP contribution < -0.4 is 5.43 Å². The summed E-state index contributed by atoms with van der Waals surface area (Å²) >= 11 is 0. The molecule has 0 amide bonds. The lowest BCUT2D eigenvalue weighted by Crippen LogP contribution is -2.30. The van der Waals surface area contributed by atoms with E-state index in [1.165, 1.54) is 12.2 Å². The van der Waals surface area contributed by atoms with E-state index < -0.39 is 12.2 Å². The van der Waals surface area contributed by atoms with Gasteiger partial charge in [0.15, 0.2) is 11.9 Å². The van der Waals surface area contributed by atoms with Crippen LogP contribution in [0.5, 0.6) is 0 Å². The van der Waals surface area contributed by atoms with Crippen molar-refractivity contribution in [3.63, 3.8) is 0 Å². The van der Waals surface area contributed by atoms with Crippen molar-refractivity contribution in [3.05, 3.63) is 12.2 Å². The van der Waals surface area contributed by atoms with Crippen LogP contribution in [-0.2, 0) is 9.53 Å². The van der Waals surface area contributed by atoms with Gasteiger partial charge in [-0.3, -0.25) is 5.43 Å². The molecule has 0 aliphatic carbocycles. The third-order valence-corrected chi connectivity index (χ3v) is 1.24. The zero-order chi connectivity index (χ0) is 8.97. The van der Waals surface area contributed by atoms with E-state index in [-0.39, 0.29) is 5.71 Å². The molecule has 1 atom stereocenters. The maximum Gasteiger partial charge on any atom is 0.358 e. The highest BCUT2D eigenvalue weighted by Gasteiger charge is 2.13. The number of hydrogen-bond acceptors (Lipinski definition) is 5. The van der Waals surface area contributed by atoms with Gasteiger partial charge in [-0.1, -0.05) is 0 Å². The van der Waals surface area contributed by atoms with Gasteiger partial charge in [-0.25, -0.2) is 4.79 Å². The Hall–Kier alpha value is -1.36. The molecule has 0 saturated carbocycles. The van der Waals surface area contributed by atoms with Crippen molar-refractivity contribution in [2.24, 2.45) is 5.10 Å². The molecule has 1 rings (SSSR count). The van der Waals surface area contributed by atoms with Gasteiger partial charge in [0.25, 0.3) is 0 Å². The van der Waals surface area contributed by atoms with Crippen LogP contribution >= 0.6 is 0 Å². The second-order valence-corrected chi connectivity index (χ2v) is 2.15. The topological polar surface area (TPSA) is 70.9 Å². The molecular weight excluding hydrogens is 160 g/mol. The lowest BCUT2D eigenvalue weighted by atomic mass is 10.3. The summed E-state index contributed by atoms with van der Waals surface area (Å²) in [5.41, 5.74) is 2.50. The van der Waals surface area contributed by atoms with Crippen molar-refractivity contribution in [3.8, 4) is 0 Å². The largest absolute Gasteiger partial charge is 0.461 e. The monoisotopic (exact) mass is 170 g/mol. The highest BCUT2D eigenvalue weighted by molar-refractivity contribution is 6.41. The van der Waals surface area contributed by atoms with Gasteiger partial charge >= 0.3 is 5.97 Å². The number of ether oxygens (including phenoxy) is 1. The lowest BCUT2D eigenvalue weighted by Gasteiger charge is -2.10. The Morgan fingerprint density at radius 1 is 1.92 bits per heavy atom. The fourth-order valence-electron chi connectivity index (χ4n) is 0.717. The SMILES string of the molecule is CCOC(=O)C1=NNC(O)C=C1. The van der Waals surface area contributed by atoms with E-state index in [2.05, 4.69) is 15.3 Å². The molecule has 1 aliphatic heterocycles. The molecule has 2 N–H and O–H groups in total. The van der Waals surface area contributed by atoms with Gasteiger partial charge in [-0.2, -0.15) is 5.10 Å². The van der Waals surface area contributed by atoms with E-state index in [4.69, 9.17) is 5.11 Å². The summed E-state index contributed by atoms with van der Waals surface area (Å²) in [6, 6.07) is 0. The first-order valence-corrected chi connectivity index (χ1v) is 3.60. The molecule has 0 bridgehead atoms. The van der Waals surface area contributed by atoms with Crippen LogP contribution in [0.1, 0.15) is 6.92 Å². The van der Waals surface area contributed by atoms with Crippen LogP contribution in [0.3, 0.4) is 0 Å². The minimum Gasteiger partial charge on any atom is -0.461 e. The van der Waals surface area contributed by atoms with E-state index >= 15 is 0 Å². The van der Waals surface area contributed by atoms with Gasteiger partial charge in [0, 0.05) is 0 Å². The van der Waals surface area contributed by atoms with Gasteiger partial charge in [-0.15, -0.1) is 0 Å². The van der Waals surface area contributed by atoms with Crippen LogP contribution in [0.15, 0.2) is 17.3 Å². The molecule has 1 heterocycles. The van der Waals surface area contributed by atoms with Crippen molar-refractivity contribution in [2.45, 2.75) is 13.2 Å². The molecule has 5 nitrogen and oxygen atoms in total. The Balaban J connectivity index is 2.54. The smallest absolute Gasteiger partial charge is 0.358 e. The Bertz CT molecular complexity index is 235. The fourth-order valence-corrected chi connectivity index (χ4v) is 0.717. The Morgan fingerprint density at radius 2 is 2.67 bits per heavy atom. The maximum atomic E-state index is 11.0. The van der Waals surface area contributed by atoms with Crippen LogP contribution in [0.25, 0.3) is 0 Å². The van der Waals surface area contributed by atoms with Crippen LogP contribution in [0, 0.1) is 0 Å². The van der Waals surface area contributed by atoms with Crippen molar-refractivity contribution in [1.82, 2.24) is 5.43 Å². The fraction of sp³-hybridized carbons (Fsp3) is 0.429. The summed E-state index contributed by atoms with van der Waals surface area (Å²) < 4.78 is 4.67. The van der Waals surface area contributed by atoms with Crippen molar-refractivity contribution in [1.29, 1.82) is 0 Å². The number of nitrogens with zero attached hydrogens (tertiary/aromatic N) is 1. The Labute approximate surface area is 69.7 Å². The van der Waals surface area contributed by atoms with Crippen LogP contribution in [-0.4, -0.2) is 29.6 Å². The number of nitrogens with one attached hydrogen (secondary N) is 1. The summed E-state index contributed by atoms with van der Waals surface area (Å²) in [6.07, 6.45) is 2.02. The predicted molar refractivity (Wildman–Crippen MR) is 42.4 cm³/mol. The van der Waals surface area contributed by atoms with Gasteiger partial charge in [0.1, 0.15) is 0 Å². The summed E-state index contributed by atoms with van der Waals surface area (Å²) in [6.45, 7) is 2.03. The van der Waals surface area contributed by atoms with E-state index in [0.29, 0.717) is 6.61 Å². The maximum absolute atomic E-state index is 11.0. The summed E-state index contributed by atoms with van der Waals surface area (Å²) in [5.74, 6) is -0.492. The first-order chi connectivity index (χ1) is 5.74. The van der Waals surface area contributed by atoms with Crippen molar-refractivity contribution < 1.29 is 14.6 Å². The molecule has 0 aromatic rings. The second kappa shape index (κ2) is 3.87. The first-order valence-electron chi connectivity index (χ1n) is 3.60. The summed E-state index contributed by atoms with van der Waals surface area (Å²) in [4.78, 5) is 11.0. The molecule has 0 saturated heterocycles. The third kappa shape index (κ3) is 2.06. The average Bonchev–Trinajstić information content (AvgIpc) is 2.06. The number of aliphatic hydroxyl groups is 1. The standard InChI is InChI=1S/C7H10N2O3/c1-2-12-7(11)5-3-4-6(10)9-8-5/h3-4,6,9-10H,2H2,1H3. The molecule has 0 aromatic carbocycles. The zero-order valence-electron chi connectivity index (χ0n) is 6.65. The van der Waals surface area contributed by atoms with Gasteiger partial charge < -0.3 is 9.84 Å². The molecule has 66 valence electrons. The van der Waals surface area contributed by atoms with E-state index in [9.17, 15) is 4.79 Å². The Morgan fingerprint density at radius 3 is 3.17 bits per heavy atom. The molecular formula is C7H10N2O3. The second-order valence-electron chi connectivity index (χ2n) is 2.15. The highest BCUT2D eigenvalue weighted by Crippen LogP contribution is 1.94. The molecule has 0 fully saturated rings. The molecule has 1 aliphatic rings. The van der Waals surface area contributed by atoms with Crippen LogP contribution in [0.2, 0.25) is 0 Å². The number of esters is 1. The number of carbonyl (C=O) groups is 1. The summed E-state index contributed by atoms with van der Waals surface area (Å²) in [7, 11) is 0. The van der Waals surface area contributed by atoms with E-state index in [1.807, 2.05) is 0 Å². The third-order valence-electron chi connectivity index (χ3n) is 1.24. The quantitative estimate of drug-likeness (QED) is 0.542. The lowest BCUT2D eigenvalue weighted by molar-refractivity contribution is -0.134. The van der Waals surface area contributed by atoms with Gasteiger partial charge in [0.2, 0.25) is 0 Å². The molecule has 5 heteroatoms. The molecule has 12 heavy (non-hydrogen) atoms. The number of rotatable bonds is 2. The molecule has 0 aromatic heterocycles. The molecule has 0 spiro atoms. The number of hydrogen-bond donors (Lipinski definition) is 2. The summed E-state index contributed by atoms with van der Waals surface area (Å²) in [5, 5.41) is 12.5. The minimum absolute atomic E-state index is 0.169. The van der Waals surface area contributed by atoms with Crippen LogP contribution in [0.4, 0.5) is 0 Å². The van der Waals surface area contributed by atoms with Gasteiger partial charge in [0.05, 0.1) is 6.61 Å². The Kier molecular flexibility index (Phi) is 2.82. The highest BCUT2D eigenvalue weighted by atomic mass is 16.5. The average molecular weight is 170 g/mol. The minimum atomic E-state index is -0.817. The zero-order valence-corrected chi connectivity index (χ0v) is 6.65. The molecule has 1 unspecified atom stereocenters. The van der Waals surface area contributed by atoms with E-state index in [1.54, 1.807) is 6.92 Å². The van der Waals surface area contributed by atoms with Crippen molar-refractivity contribution in [2.75, 3.05) is 6.61 Å². The number of carbonyl (C=O) groups excluding carboxylic acids is 1. The normalized spacial score (nSPS) is 21.2. The predicted octanol–water partition coefficient (Wildman–Crippen LogP) is -0.617. The van der Waals surface area contributed by atoms with E-state index in [0.717, 1.165) is 0 Å². The molecule has 0 radical (unpaired) electrons. The number of hydrazone groups is 1. The van der Waals surface area contributed by atoms with Crippen molar-refractivity contribution >= 4 is 11.7 Å².